The van der Waals surface area contributed by atoms with Gasteiger partial charge in [-0.2, -0.15) is 0 Å². The van der Waals surface area contributed by atoms with Gasteiger partial charge in [-0.1, -0.05) is 29.8 Å². The lowest BCUT2D eigenvalue weighted by Gasteiger charge is -2.14. The van der Waals surface area contributed by atoms with E-state index in [2.05, 4.69) is 35.1 Å². The van der Waals surface area contributed by atoms with Crippen molar-refractivity contribution < 1.29 is 9.53 Å². The van der Waals surface area contributed by atoms with Crippen LogP contribution in [0, 0.1) is 5.92 Å². The van der Waals surface area contributed by atoms with Crippen LogP contribution in [-0.2, 0) is 4.79 Å². The van der Waals surface area contributed by atoms with Gasteiger partial charge in [-0.05, 0) is 37.5 Å². The van der Waals surface area contributed by atoms with Gasteiger partial charge in [0.25, 0.3) is 5.91 Å². The summed E-state index contributed by atoms with van der Waals surface area (Å²) in [7, 11) is 0. The lowest BCUT2D eigenvalue weighted by molar-refractivity contribution is -0.123. The number of carbonyl (C=O) groups is 1. The summed E-state index contributed by atoms with van der Waals surface area (Å²) in [6.07, 6.45) is 0.967. The highest BCUT2D eigenvalue weighted by Gasteiger charge is 2.10. The zero-order valence-corrected chi connectivity index (χ0v) is 13.9. The van der Waals surface area contributed by atoms with E-state index in [0.717, 1.165) is 16.5 Å². The molecule has 1 atom stereocenters. The zero-order chi connectivity index (χ0) is 15.1. The Bertz CT molecular complexity index is 447. The van der Waals surface area contributed by atoms with Crippen LogP contribution >= 0.6 is 15.9 Å². The van der Waals surface area contributed by atoms with E-state index in [0.29, 0.717) is 18.2 Å². The molecule has 0 radical (unpaired) electrons. The van der Waals surface area contributed by atoms with Gasteiger partial charge in [0, 0.05) is 22.6 Å². The van der Waals surface area contributed by atoms with Crippen LogP contribution in [0.25, 0.3) is 0 Å². The quantitative estimate of drug-likeness (QED) is 0.800. The number of halogens is 1. The molecule has 0 saturated heterocycles. The Balaban J connectivity index is 2.51. The van der Waals surface area contributed by atoms with Crippen LogP contribution in [0.3, 0.4) is 0 Å². The van der Waals surface area contributed by atoms with E-state index in [1.807, 2.05) is 25.1 Å². The Labute approximate surface area is 129 Å². The summed E-state index contributed by atoms with van der Waals surface area (Å²) in [5.41, 5.74) is 6.79. The molecule has 0 fully saturated rings. The van der Waals surface area contributed by atoms with Crippen molar-refractivity contribution in [2.24, 2.45) is 11.7 Å². The summed E-state index contributed by atoms with van der Waals surface area (Å²) in [6, 6.07) is 5.46. The highest BCUT2D eigenvalue weighted by molar-refractivity contribution is 9.10. The Morgan fingerprint density at radius 3 is 2.70 bits per heavy atom. The van der Waals surface area contributed by atoms with Gasteiger partial charge in [-0.15, -0.1) is 0 Å². The molecule has 3 N–H and O–H groups in total. The van der Waals surface area contributed by atoms with Crippen molar-refractivity contribution in [1.82, 2.24) is 5.32 Å². The minimum atomic E-state index is -0.147. The molecule has 112 valence electrons. The molecule has 1 unspecified atom stereocenters. The fourth-order valence-corrected chi connectivity index (χ4v) is 2.08. The van der Waals surface area contributed by atoms with Gasteiger partial charge in [-0.25, -0.2) is 0 Å². The van der Waals surface area contributed by atoms with E-state index >= 15 is 0 Å². The van der Waals surface area contributed by atoms with Gasteiger partial charge in [0.1, 0.15) is 5.75 Å². The van der Waals surface area contributed by atoms with Gasteiger partial charge in [-0.3, -0.25) is 4.79 Å². The van der Waals surface area contributed by atoms with Gasteiger partial charge in [0.15, 0.2) is 6.61 Å². The Morgan fingerprint density at radius 2 is 2.10 bits per heavy atom. The predicted molar refractivity (Wildman–Crippen MR) is 84.7 cm³/mol. The number of rotatable bonds is 7. The molecule has 0 bridgehead atoms. The number of ether oxygens (including phenoxy) is 1. The summed E-state index contributed by atoms with van der Waals surface area (Å²) in [5.74, 6) is 1.12. The summed E-state index contributed by atoms with van der Waals surface area (Å²) in [6.45, 7) is 6.83. The van der Waals surface area contributed by atoms with Gasteiger partial charge in [0.2, 0.25) is 0 Å². The minimum Gasteiger partial charge on any atom is -0.483 e. The second-order valence-electron chi connectivity index (χ2n) is 5.29. The standard InChI is InChI=1S/C15H23BrN2O2/c1-10(2)6-7-18-15(19)9-20-14-5-4-12(16)8-13(14)11(3)17/h4-5,8,10-11H,6-7,9,17H2,1-3H3,(H,18,19). The number of carbonyl (C=O) groups excluding carboxylic acids is 1. The summed E-state index contributed by atoms with van der Waals surface area (Å²) >= 11 is 3.40. The first-order valence-electron chi connectivity index (χ1n) is 6.84. The molecule has 5 heteroatoms. The Kier molecular flexibility index (Phi) is 7.02. The molecule has 4 nitrogen and oxygen atoms in total. The fourth-order valence-electron chi connectivity index (χ4n) is 1.70. The highest BCUT2D eigenvalue weighted by Crippen LogP contribution is 2.27. The lowest BCUT2D eigenvalue weighted by atomic mass is 10.1. The normalized spacial score (nSPS) is 12.3. The first-order valence-corrected chi connectivity index (χ1v) is 7.64. The third kappa shape index (κ3) is 5.92. The van der Waals surface area contributed by atoms with Crippen LogP contribution in [0.15, 0.2) is 22.7 Å². The average molecular weight is 343 g/mol. The number of benzene rings is 1. The molecule has 0 aliphatic rings. The van der Waals surface area contributed by atoms with E-state index in [1.165, 1.54) is 0 Å². The van der Waals surface area contributed by atoms with E-state index in [1.54, 1.807) is 0 Å². The van der Waals surface area contributed by atoms with Crippen molar-refractivity contribution in [1.29, 1.82) is 0 Å². The van der Waals surface area contributed by atoms with E-state index in [4.69, 9.17) is 10.5 Å². The van der Waals surface area contributed by atoms with Crippen LogP contribution in [0.4, 0.5) is 0 Å². The lowest BCUT2D eigenvalue weighted by Crippen LogP contribution is -2.30. The number of nitrogens with two attached hydrogens (primary N) is 1. The monoisotopic (exact) mass is 342 g/mol. The average Bonchev–Trinajstić information content (AvgIpc) is 2.36. The van der Waals surface area contributed by atoms with Gasteiger partial charge in [0.05, 0.1) is 0 Å². The van der Waals surface area contributed by atoms with Gasteiger partial charge < -0.3 is 15.8 Å². The minimum absolute atomic E-state index is 0.0133. The molecular weight excluding hydrogens is 320 g/mol. The predicted octanol–water partition coefficient (Wildman–Crippen LogP) is 3.01. The summed E-state index contributed by atoms with van der Waals surface area (Å²) < 4.78 is 6.50. The Morgan fingerprint density at radius 1 is 1.40 bits per heavy atom. The molecule has 0 aliphatic carbocycles. The molecule has 0 spiro atoms. The topological polar surface area (TPSA) is 64.3 Å². The molecule has 1 aromatic rings. The van der Waals surface area contributed by atoms with Crippen molar-refractivity contribution in [2.45, 2.75) is 33.2 Å². The maximum Gasteiger partial charge on any atom is 0.257 e. The van der Waals surface area contributed by atoms with Crippen molar-refractivity contribution >= 4 is 21.8 Å². The van der Waals surface area contributed by atoms with Crippen LogP contribution in [0.5, 0.6) is 5.75 Å². The molecule has 1 rings (SSSR count). The third-order valence-corrected chi connectivity index (χ3v) is 3.36. The molecule has 0 aliphatic heterocycles. The maximum absolute atomic E-state index is 11.7. The third-order valence-electron chi connectivity index (χ3n) is 2.87. The van der Waals surface area contributed by atoms with Gasteiger partial charge >= 0.3 is 0 Å². The second-order valence-corrected chi connectivity index (χ2v) is 6.21. The van der Waals surface area contributed by atoms with E-state index in [9.17, 15) is 4.79 Å². The maximum atomic E-state index is 11.7. The van der Waals surface area contributed by atoms with E-state index in [-0.39, 0.29) is 18.6 Å². The fraction of sp³-hybridized carbons (Fsp3) is 0.533. The van der Waals surface area contributed by atoms with Crippen molar-refractivity contribution in [2.75, 3.05) is 13.2 Å². The molecular formula is C15H23BrN2O2. The molecule has 0 heterocycles. The van der Waals surface area contributed by atoms with E-state index < -0.39 is 0 Å². The Hall–Kier alpha value is -1.07. The van der Waals surface area contributed by atoms with Crippen LogP contribution in [0.1, 0.15) is 38.8 Å². The first-order chi connectivity index (χ1) is 9.40. The zero-order valence-electron chi connectivity index (χ0n) is 12.3. The van der Waals surface area contributed by atoms with Crippen molar-refractivity contribution in [3.05, 3.63) is 28.2 Å². The van der Waals surface area contributed by atoms with Crippen LogP contribution in [0.2, 0.25) is 0 Å². The number of hydrogen-bond donors (Lipinski definition) is 2. The molecule has 1 aromatic carbocycles. The van der Waals surface area contributed by atoms with Crippen molar-refractivity contribution in [3.63, 3.8) is 0 Å². The summed E-state index contributed by atoms with van der Waals surface area (Å²) in [4.78, 5) is 11.7. The SMILES string of the molecule is CC(C)CCNC(=O)COc1ccc(Br)cc1C(C)N. The number of nitrogens with one attached hydrogen (secondary N) is 1. The molecule has 0 saturated carbocycles. The number of hydrogen-bond acceptors (Lipinski definition) is 3. The molecule has 20 heavy (non-hydrogen) atoms. The smallest absolute Gasteiger partial charge is 0.257 e. The van der Waals surface area contributed by atoms with Crippen LogP contribution in [-0.4, -0.2) is 19.1 Å². The first kappa shape index (κ1) is 17.0. The molecule has 1 amide bonds. The number of amides is 1. The second kappa shape index (κ2) is 8.27. The van der Waals surface area contributed by atoms with Crippen molar-refractivity contribution in [3.8, 4) is 5.75 Å². The molecule has 0 aromatic heterocycles. The largest absolute Gasteiger partial charge is 0.483 e. The van der Waals surface area contributed by atoms with Crippen LogP contribution < -0.4 is 15.8 Å². The highest BCUT2D eigenvalue weighted by atomic mass is 79.9. The summed E-state index contributed by atoms with van der Waals surface area (Å²) in [5, 5.41) is 2.84.